The molecule has 0 heterocycles. The molecule has 3 N–H and O–H groups in total. The first kappa shape index (κ1) is 16.2. The molecule has 0 saturated carbocycles. The summed E-state index contributed by atoms with van der Waals surface area (Å²) in [4.78, 5) is -0.461. The average molecular weight is 394 g/mol. The maximum atomic E-state index is 13.8. The number of halogens is 3. The molecule has 0 unspecified atom stereocenters. The van der Waals surface area contributed by atoms with Crippen LogP contribution in [-0.4, -0.2) is 8.42 Å². The van der Waals surface area contributed by atoms with E-state index in [1.54, 1.807) is 12.1 Å². The minimum Gasteiger partial charge on any atom is -0.326 e. The van der Waals surface area contributed by atoms with Crippen LogP contribution in [0, 0.1) is 5.82 Å². The van der Waals surface area contributed by atoms with Gasteiger partial charge in [0, 0.05) is 16.0 Å². The van der Waals surface area contributed by atoms with Gasteiger partial charge >= 0.3 is 0 Å². The van der Waals surface area contributed by atoms with Crippen LogP contribution in [0.5, 0.6) is 0 Å². The lowest BCUT2D eigenvalue weighted by atomic mass is 10.2. The molecule has 0 radical (unpaired) electrons. The highest BCUT2D eigenvalue weighted by molar-refractivity contribution is 9.10. The van der Waals surface area contributed by atoms with E-state index in [1.807, 2.05) is 0 Å². The Balaban J connectivity index is 2.45. The fraction of sp³-hybridized carbons (Fsp3) is 0.0769. The summed E-state index contributed by atoms with van der Waals surface area (Å²) < 4.78 is 41.2. The summed E-state index contributed by atoms with van der Waals surface area (Å²) in [6.07, 6.45) is 0. The maximum absolute atomic E-state index is 13.8. The molecule has 2 rings (SSSR count). The Morgan fingerprint density at radius 2 is 1.95 bits per heavy atom. The topological polar surface area (TPSA) is 72.2 Å². The van der Waals surface area contributed by atoms with Gasteiger partial charge in [0.15, 0.2) is 0 Å². The Kier molecular flexibility index (Phi) is 4.88. The van der Waals surface area contributed by atoms with Gasteiger partial charge in [-0.2, -0.15) is 0 Å². The summed E-state index contributed by atoms with van der Waals surface area (Å²) in [5.74, 6) is -0.849. The zero-order chi connectivity index (χ0) is 15.6. The highest BCUT2D eigenvalue weighted by Crippen LogP contribution is 2.28. The first-order valence-electron chi connectivity index (χ1n) is 5.80. The van der Waals surface area contributed by atoms with Crippen molar-refractivity contribution in [2.24, 2.45) is 5.73 Å². The fourth-order valence-electron chi connectivity index (χ4n) is 1.66. The second kappa shape index (κ2) is 6.31. The van der Waals surface area contributed by atoms with Crippen molar-refractivity contribution < 1.29 is 12.8 Å². The molecule has 0 amide bonds. The van der Waals surface area contributed by atoms with E-state index in [0.29, 0.717) is 15.1 Å². The third-order valence-corrected chi connectivity index (χ3v) is 5.00. The molecule has 0 saturated heterocycles. The van der Waals surface area contributed by atoms with E-state index < -0.39 is 20.7 Å². The van der Waals surface area contributed by atoms with Gasteiger partial charge in [0.05, 0.1) is 5.69 Å². The smallest absolute Gasteiger partial charge is 0.264 e. The van der Waals surface area contributed by atoms with E-state index in [1.165, 1.54) is 18.2 Å². The zero-order valence-corrected chi connectivity index (χ0v) is 13.8. The molecule has 0 aromatic heterocycles. The molecule has 2 aromatic carbocycles. The van der Waals surface area contributed by atoms with Gasteiger partial charge < -0.3 is 5.73 Å². The molecule has 0 aliphatic rings. The normalized spacial score (nSPS) is 11.4. The number of nitrogens with one attached hydrogen (secondary N) is 1. The fourth-order valence-corrected chi connectivity index (χ4v) is 3.50. The van der Waals surface area contributed by atoms with Crippen molar-refractivity contribution in [2.45, 2.75) is 11.4 Å². The van der Waals surface area contributed by atoms with Crippen LogP contribution in [0.1, 0.15) is 5.56 Å². The number of benzene rings is 2. The largest absolute Gasteiger partial charge is 0.326 e. The second-order valence-electron chi connectivity index (χ2n) is 4.20. The molecule has 0 aliphatic heterocycles. The molecular formula is C13H11BrClFN2O2S. The van der Waals surface area contributed by atoms with Gasteiger partial charge in [-0.15, -0.1) is 0 Å². The average Bonchev–Trinajstić information content (AvgIpc) is 2.43. The van der Waals surface area contributed by atoms with Crippen LogP contribution in [0.3, 0.4) is 0 Å². The van der Waals surface area contributed by atoms with Crippen LogP contribution in [-0.2, 0) is 16.6 Å². The van der Waals surface area contributed by atoms with Crippen LogP contribution >= 0.6 is 27.5 Å². The lowest BCUT2D eigenvalue weighted by Crippen LogP contribution is -2.15. The van der Waals surface area contributed by atoms with Gasteiger partial charge in [-0.25, -0.2) is 12.8 Å². The first-order valence-corrected chi connectivity index (χ1v) is 8.45. The van der Waals surface area contributed by atoms with Gasteiger partial charge in [-0.1, -0.05) is 17.7 Å². The van der Waals surface area contributed by atoms with Crippen LogP contribution < -0.4 is 10.5 Å². The van der Waals surface area contributed by atoms with Crippen molar-refractivity contribution in [2.75, 3.05) is 4.72 Å². The molecule has 0 spiro atoms. The monoisotopic (exact) mass is 392 g/mol. The summed E-state index contributed by atoms with van der Waals surface area (Å²) in [7, 11) is -4.09. The van der Waals surface area contributed by atoms with Gasteiger partial charge in [0.2, 0.25) is 0 Å². The highest BCUT2D eigenvalue weighted by atomic mass is 79.9. The number of nitrogens with two attached hydrogens (primary N) is 1. The SMILES string of the molecule is NCc1ccc(F)c(S(=O)(=O)Nc2cc(Cl)ccc2Br)c1. The Bertz CT molecular complexity index is 784. The van der Waals surface area contributed by atoms with Crippen molar-refractivity contribution in [3.8, 4) is 0 Å². The van der Waals surface area contributed by atoms with Gasteiger partial charge in [0.1, 0.15) is 10.7 Å². The Morgan fingerprint density at radius 1 is 1.24 bits per heavy atom. The lowest BCUT2D eigenvalue weighted by molar-refractivity contribution is 0.569. The zero-order valence-electron chi connectivity index (χ0n) is 10.6. The molecular weight excluding hydrogens is 383 g/mol. The summed E-state index contributed by atoms with van der Waals surface area (Å²) in [6.45, 7) is 0.115. The summed E-state index contributed by atoms with van der Waals surface area (Å²) >= 11 is 9.03. The summed E-state index contributed by atoms with van der Waals surface area (Å²) in [5, 5.41) is 0.354. The molecule has 0 aliphatic carbocycles. The van der Waals surface area contributed by atoms with Gasteiger partial charge in [-0.05, 0) is 51.8 Å². The molecule has 0 atom stereocenters. The third kappa shape index (κ3) is 3.74. The van der Waals surface area contributed by atoms with Crippen LogP contribution in [0.4, 0.5) is 10.1 Å². The molecule has 0 bridgehead atoms. The molecule has 21 heavy (non-hydrogen) atoms. The second-order valence-corrected chi connectivity index (χ2v) is 7.14. The van der Waals surface area contributed by atoms with Crippen LogP contribution in [0.15, 0.2) is 45.8 Å². The molecule has 0 fully saturated rings. The van der Waals surface area contributed by atoms with Crippen molar-refractivity contribution in [1.29, 1.82) is 0 Å². The van der Waals surface area contributed by atoms with Gasteiger partial charge in [-0.3, -0.25) is 4.72 Å². The van der Waals surface area contributed by atoms with E-state index in [2.05, 4.69) is 20.7 Å². The highest BCUT2D eigenvalue weighted by Gasteiger charge is 2.20. The number of anilines is 1. The first-order chi connectivity index (χ1) is 9.83. The van der Waals surface area contributed by atoms with Crippen molar-refractivity contribution >= 4 is 43.2 Å². The van der Waals surface area contributed by atoms with Crippen LogP contribution in [0.2, 0.25) is 5.02 Å². The summed E-state index contributed by atoms with van der Waals surface area (Å²) in [6, 6.07) is 8.32. The van der Waals surface area contributed by atoms with Crippen LogP contribution in [0.25, 0.3) is 0 Å². The quantitative estimate of drug-likeness (QED) is 0.835. The van der Waals surface area contributed by atoms with E-state index in [4.69, 9.17) is 17.3 Å². The van der Waals surface area contributed by atoms with Gasteiger partial charge in [0.25, 0.3) is 10.0 Å². The Hall–Kier alpha value is -1.15. The van der Waals surface area contributed by atoms with E-state index in [9.17, 15) is 12.8 Å². The minimum atomic E-state index is -4.09. The Labute approximate surface area is 135 Å². The predicted molar refractivity (Wildman–Crippen MR) is 84.3 cm³/mol. The number of sulfonamides is 1. The Morgan fingerprint density at radius 3 is 2.62 bits per heavy atom. The van der Waals surface area contributed by atoms with Crippen molar-refractivity contribution in [1.82, 2.24) is 0 Å². The van der Waals surface area contributed by atoms with Crippen molar-refractivity contribution in [3.63, 3.8) is 0 Å². The number of rotatable bonds is 4. The lowest BCUT2D eigenvalue weighted by Gasteiger charge is -2.11. The van der Waals surface area contributed by atoms with E-state index in [0.717, 1.165) is 6.07 Å². The predicted octanol–water partition coefficient (Wildman–Crippen LogP) is 3.50. The maximum Gasteiger partial charge on any atom is 0.264 e. The molecule has 8 heteroatoms. The minimum absolute atomic E-state index is 0.115. The molecule has 2 aromatic rings. The standard InChI is InChI=1S/C13H11BrClFN2O2S/c14-10-3-2-9(15)6-12(10)18-21(19,20)13-5-8(7-17)1-4-11(13)16/h1-6,18H,7,17H2. The number of hydrogen-bond acceptors (Lipinski definition) is 3. The number of hydrogen-bond donors (Lipinski definition) is 2. The molecule has 112 valence electrons. The van der Waals surface area contributed by atoms with Crippen molar-refractivity contribution in [3.05, 3.63) is 57.3 Å². The molecule has 4 nitrogen and oxygen atoms in total. The van der Waals surface area contributed by atoms with E-state index >= 15 is 0 Å². The third-order valence-electron chi connectivity index (χ3n) is 2.69. The van der Waals surface area contributed by atoms with E-state index in [-0.39, 0.29) is 12.2 Å². The summed E-state index contributed by atoms with van der Waals surface area (Å²) in [5.41, 5.74) is 6.18.